The van der Waals surface area contributed by atoms with Gasteiger partial charge in [0.15, 0.2) is 0 Å². The normalized spacial score (nSPS) is 20.7. The lowest BCUT2D eigenvalue weighted by molar-refractivity contribution is -0.124. The SMILES string of the molecule is COc1cccc(CNC(=O)C2CCCN2C(=O)NC2CCCCC2)c1. The zero-order chi connectivity index (χ0) is 18.4. The van der Waals surface area contributed by atoms with Crippen LogP contribution in [0.4, 0.5) is 4.79 Å². The van der Waals surface area contributed by atoms with Crippen LogP contribution in [-0.2, 0) is 11.3 Å². The van der Waals surface area contributed by atoms with Crippen molar-refractivity contribution in [3.05, 3.63) is 29.8 Å². The fourth-order valence-electron chi connectivity index (χ4n) is 3.88. The van der Waals surface area contributed by atoms with Gasteiger partial charge < -0.3 is 20.3 Å². The van der Waals surface area contributed by atoms with E-state index in [4.69, 9.17) is 4.74 Å². The van der Waals surface area contributed by atoms with Crippen molar-refractivity contribution in [2.45, 2.75) is 63.6 Å². The Morgan fingerprint density at radius 3 is 2.73 bits per heavy atom. The number of carbonyl (C=O) groups is 2. The molecule has 1 aromatic rings. The molecule has 1 aliphatic heterocycles. The molecule has 6 nitrogen and oxygen atoms in total. The molecule has 1 heterocycles. The van der Waals surface area contributed by atoms with E-state index in [-0.39, 0.29) is 24.0 Å². The maximum absolute atomic E-state index is 12.6. The van der Waals surface area contributed by atoms with Crippen molar-refractivity contribution >= 4 is 11.9 Å². The average molecular weight is 359 g/mol. The first-order valence-corrected chi connectivity index (χ1v) is 9.65. The van der Waals surface area contributed by atoms with Gasteiger partial charge in [0.05, 0.1) is 7.11 Å². The maximum atomic E-state index is 12.6. The van der Waals surface area contributed by atoms with E-state index in [9.17, 15) is 9.59 Å². The topological polar surface area (TPSA) is 70.7 Å². The van der Waals surface area contributed by atoms with Gasteiger partial charge in [0.25, 0.3) is 0 Å². The van der Waals surface area contributed by atoms with E-state index in [1.807, 2.05) is 24.3 Å². The second-order valence-electron chi connectivity index (χ2n) is 7.21. The highest BCUT2D eigenvalue weighted by atomic mass is 16.5. The van der Waals surface area contributed by atoms with E-state index in [1.165, 1.54) is 19.3 Å². The highest BCUT2D eigenvalue weighted by Crippen LogP contribution is 2.21. The number of nitrogens with zero attached hydrogens (tertiary/aromatic N) is 1. The van der Waals surface area contributed by atoms with Gasteiger partial charge in [-0.05, 0) is 43.4 Å². The number of hydrogen-bond donors (Lipinski definition) is 2. The number of rotatable bonds is 5. The predicted molar refractivity (Wildman–Crippen MR) is 100.0 cm³/mol. The number of urea groups is 1. The van der Waals surface area contributed by atoms with Crippen molar-refractivity contribution < 1.29 is 14.3 Å². The Balaban J connectivity index is 1.52. The Kier molecular flexibility index (Phi) is 6.36. The molecule has 142 valence electrons. The largest absolute Gasteiger partial charge is 0.497 e. The Bertz CT molecular complexity index is 628. The van der Waals surface area contributed by atoms with Crippen LogP contribution in [0.2, 0.25) is 0 Å². The van der Waals surface area contributed by atoms with E-state index in [1.54, 1.807) is 12.0 Å². The van der Waals surface area contributed by atoms with Gasteiger partial charge in [-0.1, -0.05) is 31.4 Å². The smallest absolute Gasteiger partial charge is 0.318 e. The molecule has 3 amide bonds. The standard InChI is InChI=1S/C20H29N3O3/c1-26-17-10-5-7-15(13-17)14-21-19(24)18-11-6-12-23(18)20(25)22-16-8-3-2-4-9-16/h5,7,10,13,16,18H,2-4,6,8-9,11-12,14H2,1H3,(H,21,24)(H,22,25). The summed E-state index contributed by atoms with van der Waals surface area (Å²) >= 11 is 0. The van der Waals surface area contributed by atoms with Crippen LogP contribution in [-0.4, -0.2) is 42.6 Å². The summed E-state index contributed by atoms with van der Waals surface area (Å²) in [6, 6.07) is 7.44. The predicted octanol–water partition coefficient (Wildman–Crippen LogP) is 2.82. The Labute approximate surface area is 155 Å². The summed E-state index contributed by atoms with van der Waals surface area (Å²) in [7, 11) is 1.62. The molecule has 3 rings (SSSR count). The molecule has 0 spiro atoms. The third kappa shape index (κ3) is 4.68. The molecule has 0 aromatic heterocycles. The first kappa shape index (κ1) is 18.5. The van der Waals surface area contributed by atoms with Crippen molar-refractivity contribution in [2.75, 3.05) is 13.7 Å². The number of likely N-dealkylation sites (tertiary alicyclic amines) is 1. The van der Waals surface area contributed by atoms with Gasteiger partial charge in [0.1, 0.15) is 11.8 Å². The summed E-state index contributed by atoms with van der Waals surface area (Å²) in [5.74, 6) is 0.690. The highest BCUT2D eigenvalue weighted by Gasteiger charge is 2.34. The van der Waals surface area contributed by atoms with E-state index in [2.05, 4.69) is 10.6 Å². The number of hydrogen-bond acceptors (Lipinski definition) is 3. The second-order valence-corrected chi connectivity index (χ2v) is 7.21. The summed E-state index contributed by atoms with van der Waals surface area (Å²) in [4.78, 5) is 26.9. The maximum Gasteiger partial charge on any atom is 0.318 e. The van der Waals surface area contributed by atoms with E-state index < -0.39 is 0 Å². The monoisotopic (exact) mass is 359 g/mol. The minimum Gasteiger partial charge on any atom is -0.497 e. The number of nitrogens with one attached hydrogen (secondary N) is 2. The van der Waals surface area contributed by atoms with Gasteiger partial charge in [-0.3, -0.25) is 4.79 Å². The summed E-state index contributed by atoms with van der Waals surface area (Å²) in [5, 5.41) is 6.09. The number of ether oxygens (including phenoxy) is 1. The van der Waals surface area contributed by atoms with E-state index in [0.717, 1.165) is 37.0 Å². The van der Waals surface area contributed by atoms with Gasteiger partial charge in [-0.15, -0.1) is 0 Å². The first-order valence-electron chi connectivity index (χ1n) is 9.65. The van der Waals surface area contributed by atoms with Crippen LogP contribution in [0.1, 0.15) is 50.5 Å². The van der Waals surface area contributed by atoms with Crippen LogP contribution in [0.15, 0.2) is 24.3 Å². The summed E-state index contributed by atoms with van der Waals surface area (Å²) < 4.78 is 5.21. The number of methoxy groups -OCH3 is 1. The molecule has 2 fully saturated rings. The van der Waals surface area contributed by atoms with Crippen molar-refractivity contribution in [2.24, 2.45) is 0 Å². The number of amides is 3. The van der Waals surface area contributed by atoms with Gasteiger partial charge >= 0.3 is 6.03 Å². The quantitative estimate of drug-likeness (QED) is 0.849. The number of carbonyl (C=O) groups excluding carboxylic acids is 2. The van der Waals surface area contributed by atoms with Crippen LogP contribution in [0.25, 0.3) is 0 Å². The van der Waals surface area contributed by atoms with Gasteiger partial charge in [-0.2, -0.15) is 0 Å². The van der Waals surface area contributed by atoms with E-state index in [0.29, 0.717) is 13.1 Å². The molecule has 1 atom stereocenters. The summed E-state index contributed by atoms with van der Waals surface area (Å²) in [5.41, 5.74) is 0.980. The molecule has 1 unspecified atom stereocenters. The summed E-state index contributed by atoms with van der Waals surface area (Å²) in [6.45, 7) is 1.08. The van der Waals surface area contributed by atoms with Crippen molar-refractivity contribution in [3.8, 4) is 5.75 Å². The van der Waals surface area contributed by atoms with Gasteiger partial charge in [0.2, 0.25) is 5.91 Å². The van der Waals surface area contributed by atoms with E-state index >= 15 is 0 Å². The van der Waals surface area contributed by atoms with Crippen molar-refractivity contribution in [3.63, 3.8) is 0 Å². The highest BCUT2D eigenvalue weighted by molar-refractivity contribution is 5.87. The number of benzene rings is 1. The molecule has 1 saturated carbocycles. The minimum absolute atomic E-state index is 0.0795. The zero-order valence-electron chi connectivity index (χ0n) is 15.5. The average Bonchev–Trinajstić information content (AvgIpc) is 3.17. The molecule has 26 heavy (non-hydrogen) atoms. The van der Waals surface area contributed by atoms with Crippen molar-refractivity contribution in [1.82, 2.24) is 15.5 Å². The lowest BCUT2D eigenvalue weighted by Gasteiger charge is -2.29. The molecule has 2 aliphatic rings. The van der Waals surface area contributed by atoms with Crippen LogP contribution < -0.4 is 15.4 Å². The Morgan fingerprint density at radius 1 is 1.15 bits per heavy atom. The molecule has 6 heteroatoms. The lowest BCUT2D eigenvalue weighted by atomic mass is 9.96. The second kappa shape index (κ2) is 8.92. The molecule has 1 saturated heterocycles. The van der Waals surface area contributed by atoms with Gasteiger partial charge in [-0.25, -0.2) is 4.79 Å². The lowest BCUT2D eigenvalue weighted by Crippen LogP contribution is -2.51. The van der Waals surface area contributed by atoms with Crippen LogP contribution in [0.3, 0.4) is 0 Å². The molecule has 0 bridgehead atoms. The van der Waals surface area contributed by atoms with Crippen LogP contribution >= 0.6 is 0 Å². The molecular weight excluding hydrogens is 330 g/mol. The van der Waals surface area contributed by atoms with Crippen molar-refractivity contribution in [1.29, 1.82) is 0 Å². The summed E-state index contributed by atoms with van der Waals surface area (Å²) in [6.07, 6.45) is 7.30. The molecule has 1 aromatic carbocycles. The third-order valence-electron chi connectivity index (χ3n) is 5.35. The molecule has 1 aliphatic carbocycles. The zero-order valence-corrected chi connectivity index (χ0v) is 15.5. The van der Waals surface area contributed by atoms with Crippen LogP contribution in [0, 0.1) is 0 Å². The fourth-order valence-corrected chi connectivity index (χ4v) is 3.88. The minimum atomic E-state index is -0.371. The molecular formula is C20H29N3O3. The Hall–Kier alpha value is -2.24. The van der Waals surface area contributed by atoms with Gasteiger partial charge in [0, 0.05) is 19.1 Å². The third-order valence-corrected chi connectivity index (χ3v) is 5.35. The molecule has 0 radical (unpaired) electrons. The first-order chi connectivity index (χ1) is 12.7. The molecule has 2 N–H and O–H groups in total. The fraction of sp³-hybridized carbons (Fsp3) is 0.600. The Morgan fingerprint density at radius 2 is 1.96 bits per heavy atom. The van der Waals surface area contributed by atoms with Crippen LogP contribution in [0.5, 0.6) is 5.75 Å².